The zero-order chi connectivity index (χ0) is 14.7. The molecule has 2 heterocycles. The van der Waals surface area contributed by atoms with E-state index in [0.717, 1.165) is 5.39 Å². The number of aromatic amines is 1. The molecule has 0 aliphatic heterocycles. The smallest absolute Gasteiger partial charge is 0.306 e. The van der Waals surface area contributed by atoms with Crippen LogP contribution in [0.1, 0.15) is 0 Å². The van der Waals surface area contributed by atoms with E-state index in [4.69, 9.17) is 0 Å². The maximum Gasteiger partial charge on any atom is 0.324 e. The van der Waals surface area contributed by atoms with Crippen LogP contribution in [0.4, 0.5) is 16.3 Å². The molecule has 0 saturated heterocycles. The molecule has 2 aromatic heterocycles. The fourth-order valence-electron chi connectivity index (χ4n) is 1.89. The van der Waals surface area contributed by atoms with Crippen LogP contribution in [0.3, 0.4) is 0 Å². The Labute approximate surface area is 119 Å². The Bertz CT molecular complexity index is 833. The number of carbonyl (C=O) groups excluding carboxylic acids is 1. The number of aromatic nitrogens is 3. The largest absolute Gasteiger partial charge is 0.324 e. The first kappa shape index (κ1) is 12.8. The molecule has 7 nitrogen and oxygen atoms in total. The van der Waals surface area contributed by atoms with Gasteiger partial charge in [0.2, 0.25) is 0 Å². The van der Waals surface area contributed by atoms with E-state index in [9.17, 15) is 9.59 Å². The van der Waals surface area contributed by atoms with E-state index in [1.807, 2.05) is 24.3 Å². The van der Waals surface area contributed by atoms with Crippen molar-refractivity contribution < 1.29 is 4.79 Å². The van der Waals surface area contributed by atoms with Crippen LogP contribution in [0.15, 0.2) is 53.5 Å². The van der Waals surface area contributed by atoms with E-state index in [-0.39, 0.29) is 11.4 Å². The molecule has 0 atom stereocenters. The molecule has 7 heteroatoms. The SMILES string of the molecule is O=C(Nc1ccc(=O)[nH]n1)Nc1cccc2cccnc12. The molecular weight excluding hydrogens is 270 g/mol. The van der Waals surface area contributed by atoms with Gasteiger partial charge in [-0.15, -0.1) is 0 Å². The molecule has 21 heavy (non-hydrogen) atoms. The predicted molar refractivity (Wildman–Crippen MR) is 79.2 cm³/mol. The third-order valence-corrected chi connectivity index (χ3v) is 2.80. The van der Waals surface area contributed by atoms with Crippen LogP contribution in [0.2, 0.25) is 0 Å². The van der Waals surface area contributed by atoms with Gasteiger partial charge in [-0.25, -0.2) is 9.89 Å². The van der Waals surface area contributed by atoms with E-state index >= 15 is 0 Å². The van der Waals surface area contributed by atoms with Gasteiger partial charge in [-0.05, 0) is 18.2 Å². The highest BCUT2D eigenvalue weighted by Crippen LogP contribution is 2.20. The minimum absolute atomic E-state index is 0.250. The topological polar surface area (TPSA) is 99.8 Å². The van der Waals surface area contributed by atoms with Gasteiger partial charge in [0.05, 0.1) is 11.2 Å². The lowest BCUT2D eigenvalue weighted by atomic mass is 10.2. The summed E-state index contributed by atoms with van der Waals surface area (Å²) in [5, 5.41) is 12.1. The van der Waals surface area contributed by atoms with Gasteiger partial charge >= 0.3 is 6.03 Å². The molecule has 3 rings (SSSR count). The number of H-pyrrole nitrogens is 1. The van der Waals surface area contributed by atoms with Crippen molar-refractivity contribution in [3.8, 4) is 0 Å². The summed E-state index contributed by atoms with van der Waals surface area (Å²) in [4.78, 5) is 27.1. The summed E-state index contributed by atoms with van der Waals surface area (Å²) in [6, 6.07) is 11.5. The van der Waals surface area contributed by atoms with Gasteiger partial charge in [0.15, 0.2) is 5.82 Å². The van der Waals surface area contributed by atoms with E-state index < -0.39 is 6.03 Å². The molecule has 0 radical (unpaired) electrons. The number of hydrogen-bond donors (Lipinski definition) is 3. The van der Waals surface area contributed by atoms with Crippen molar-refractivity contribution >= 4 is 28.4 Å². The van der Waals surface area contributed by atoms with Crippen molar-refractivity contribution in [2.75, 3.05) is 10.6 Å². The van der Waals surface area contributed by atoms with Gasteiger partial charge in [0.1, 0.15) is 0 Å². The van der Waals surface area contributed by atoms with Crippen LogP contribution in [-0.2, 0) is 0 Å². The average Bonchev–Trinajstić information content (AvgIpc) is 2.50. The van der Waals surface area contributed by atoms with Crippen LogP contribution in [0.5, 0.6) is 0 Å². The van der Waals surface area contributed by atoms with Crippen molar-refractivity contribution in [2.24, 2.45) is 0 Å². The van der Waals surface area contributed by atoms with E-state index in [2.05, 4.69) is 25.8 Å². The Morgan fingerprint density at radius 2 is 1.90 bits per heavy atom. The fourth-order valence-corrected chi connectivity index (χ4v) is 1.89. The highest BCUT2D eigenvalue weighted by molar-refractivity contribution is 6.04. The van der Waals surface area contributed by atoms with Crippen LogP contribution >= 0.6 is 0 Å². The molecule has 104 valence electrons. The molecule has 0 fully saturated rings. The first-order valence-corrected chi connectivity index (χ1v) is 6.20. The Morgan fingerprint density at radius 3 is 2.71 bits per heavy atom. The number of pyridine rings is 1. The summed E-state index contributed by atoms with van der Waals surface area (Å²) < 4.78 is 0. The molecular formula is C14H11N5O2. The highest BCUT2D eigenvalue weighted by Gasteiger charge is 2.07. The van der Waals surface area contributed by atoms with Crippen molar-refractivity contribution in [2.45, 2.75) is 0 Å². The summed E-state index contributed by atoms with van der Waals surface area (Å²) in [7, 11) is 0. The van der Waals surface area contributed by atoms with E-state index in [1.54, 1.807) is 12.3 Å². The minimum atomic E-state index is -0.465. The molecule has 0 unspecified atom stereocenters. The molecule has 0 aliphatic carbocycles. The fraction of sp³-hybridized carbons (Fsp3) is 0. The predicted octanol–water partition coefficient (Wildman–Crippen LogP) is 1.96. The van der Waals surface area contributed by atoms with E-state index in [1.165, 1.54) is 12.1 Å². The molecule has 0 spiro atoms. The Morgan fingerprint density at radius 1 is 1.05 bits per heavy atom. The summed E-state index contributed by atoms with van der Waals surface area (Å²) in [6.07, 6.45) is 1.66. The second-order valence-electron chi connectivity index (χ2n) is 4.27. The lowest BCUT2D eigenvalue weighted by Crippen LogP contribution is -2.21. The Kier molecular flexibility index (Phi) is 3.30. The second-order valence-corrected chi connectivity index (χ2v) is 4.27. The lowest BCUT2D eigenvalue weighted by Gasteiger charge is -2.08. The average molecular weight is 281 g/mol. The van der Waals surface area contributed by atoms with Crippen molar-refractivity contribution in [1.82, 2.24) is 15.2 Å². The van der Waals surface area contributed by atoms with Gasteiger partial charge in [-0.1, -0.05) is 18.2 Å². The maximum absolute atomic E-state index is 11.9. The minimum Gasteiger partial charge on any atom is -0.306 e. The lowest BCUT2D eigenvalue weighted by molar-refractivity contribution is 0.262. The zero-order valence-corrected chi connectivity index (χ0v) is 10.8. The van der Waals surface area contributed by atoms with E-state index in [0.29, 0.717) is 11.2 Å². The Balaban J connectivity index is 1.80. The zero-order valence-electron chi connectivity index (χ0n) is 10.8. The van der Waals surface area contributed by atoms with Gasteiger partial charge in [-0.3, -0.25) is 15.1 Å². The monoisotopic (exact) mass is 281 g/mol. The molecule has 0 bridgehead atoms. The number of amides is 2. The van der Waals surface area contributed by atoms with Gasteiger partial charge in [0, 0.05) is 17.6 Å². The molecule has 3 aromatic rings. The first-order chi connectivity index (χ1) is 10.2. The van der Waals surface area contributed by atoms with Gasteiger partial charge in [-0.2, -0.15) is 5.10 Å². The number of nitrogens with one attached hydrogen (secondary N) is 3. The van der Waals surface area contributed by atoms with Gasteiger partial charge in [0.25, 0.3) is 5.56 Å². The van der Waals surface area contributed by atoms with Crippen LogP contribution in [0.25, 0.3) is 10.9 Å². The van der Waals surface area contributed by atoms with Gasteiger partial charge < -0.3 is 5.32 Å². The van der Waals surface area contributed by atoms with Crippen molar-refractivity contribution in [3.05, 3.63) is 59.0 Å². The van der Waals surface area contributed by atoms with Crippen LogP contribution in [0, 0.1) is 0 Å². The molecule has 0 aliphatic rings. The normalized spacial score (nSPS) is 10.3. The maximum atomic E-state index is 11.9. The van der Waals surface area contributed by atoms with Crippen LogP contribution in [-0.4, -0.2) is 21.2 Å². The third-order valence-electron chi connectivity index (χ3n) is 2.80. The molecule has 1 aromatic carbocycles. The number of carbonyl (C=O) groups is 1. The molecule has 2 amide bonds. The second kappa shape index (κ2) is 5.41. The Hall–Kier alpha value is -3.22. The number of rotatable bonds is 2. The summed E-state index contributed by atoms with van der Waals surface area (Å²) in [5.74, 6) is 0.250. The standard InChI is InChI=1S/C14H11N5O2/c20-12-7-6-11(18-19-12)17-14(21)16-10-5-1-3-9-4-2-8-15-13(9)10/h1-8H,(H,19,20)(H2,16,17,18,21). The summed E-state index contributed by atoms with van der Waals surface area (Å²) >= 11 is 0. The quantitative estimate of drug-likeness (QED) is 0.668. The number of nitrogens with zero attached hydrogens (tertiary/aromatic N) is 2. The summed E-state index contributed by atoms with van der Waals surface area (Å²) in [5.41, 5.74) is 0.957. The van der Waals surface area contributed by atoms with Crippen molar-refractivity contribution in [3.63, 3.8) is 0 Å². The van der Waals surface area contributed by atoms with Crippen molar-refractivity contribution in [1.29, 1.82) is 0 Å². The molecule has 0 saturated carbocycles. The number of benzene rings is 1. The first-order valence-electron chi connectivity index (χ1n) is 6.20. The summed E-state index contributed by atoms with van der Waals surface area (Å²) in [6.45, 7) is 0. The number of anilines is 2. The third kappa shape index (κ3) is 2.86. The van der Waals surface area contributed by atoms with Crippen LogP contribution < -0.4 is 16.2 Å². The number of urea groups is 1. The number of para-hydroxylation sites is 1. The number of fused-ring (bicyclic) bond motifs is 1. The number of hydrogen-bond acceptors (Lipinski definition) is 4. The molecule has 3 N–H and O–H groups in total. The highest BCUT2D eigenvalue weighted by atomic mass is 16.2.